The Morgan fingerprint density at radius 2 is 0.750 bits per heavy atom. The van der Waals surface area contributed by atoms with Crippen LogP contribution in [0.5, 0.6) is 0 Å². The van der Waals surface area contributed by atoms with Crippen LogP contribution in [-0.4, -0.2) is 19.5 Å². The number of nitrogens with zero attached hydrogens (tertiary/aromatic N) is 4. The van der Waals surface area contributed by atoms with Gasteiger partial charge in [-0.15, -0.1) is 0 Å². The Labute approximate surface area is 322 Å². The Hall–Kier alpha value is -7.63. The molecule has 8 aromatic carbocycles. The van der Waals surface area contributed by atoms with E-state index in [0.29, 0.717) is 17.5 Å². The van der Waals surface area contributed by atoms with Crippen LogP contribution in [0, 0.1) is 0 Å². The van der Waals surface area contributed by atoms with Crippen molar-refractivity contribution >= 4 is 43.7 Å². The first-order valence-corrected chi connectivity index (χ1v) is 18.8. The molecule has 11 rings (SSSR count). The van der Waals surface area contributed by atoms with E-state index in [9.17, 15) is 0 Å². The number of para-hydroxylation sites is 3. The van der Waals surface area contributed by atoms with Gasteiger partial charge in [-0.25, -0.2) is 15.0 Å². The molecule has 0 spiro atoms. The van der Waals surface area contributed by atoms with Crippen LogP contribution in [0.4, 0.5) is 0 Å². The highest BCUT2D eigenvalue weighted by molar-refractivity contribution is 6.10. The molecule has 0 bridgehead atoms. The van der Waals surface area contributed by atoms with Crippen LogP contribution in [0.1, 0.15) is 0 Å². The molecule has 56 heavy (non-hydrogen) atoms. The largest absolute Gasteiger partial charge is 0.456 e. The van der Waals surface area contributed by atoms with Crippen molar-refractivity contribution < 1.29 is 4.42 Å². The average molecular weight is 717 g/mol. The van der Waals surface area contributed by atoms with Crippen LogP contribution in [0.2, 0.25) is 0 Å². The minimum atomic E-state index is 0.626. The molecule has 0 saturated heterocycles. The van der Waals surface area contributed by atoms with E-state index in [1.165, 1.54) is 21.8 Å². The summed E-state index contributed by atoms with van der Waals surface area (Å²) in [6.07, 6.45) is 0. The molecule has 0 radical (unpaired) electrons. The lowest BCUT2D eigenvalue weighted by atomic mass is 10.0. The number of hydrogen-bond acceptors (Lipinski definition) is 4. The predicted molar refractivity (Wildman–Crippen MR) is 229 cm³/mol. The molecule has 0 fully saturated rings. The lowest BCUT2D eigenvalue weighted by Gasteiger charge is -2.10. The van der Waals surface area contributed by atoms with Crippen LogP contribution < -0.4 is 0 Å². The Kier molecular flexibility index (Phi) is 7.42. The van der Waals surface area contributed by atoms with Crippen molar-refractivity contribution in [1.82, 2.24) is 19.5 Å². The topological polar surface area (TPSA) is 56.7 Å². The van der Waals surface area contributed by atoms with Gasteiger partial charge >= 0.3 is 0 Å². The van der Waals surface area contributed by atoms with Gasteiger partial charge in [-0.3, -0.25) is 0 Å². The normalized spacial score (nSPS) is 11.6. The first kappa shape index (κ1) is 31.9. The summed E-state index contributed by atoms with van der Waals surface area (Å²) in [5.74, 6) is 1.89. The van der Waals surface area contributed by atoms with Gasteiger partial charge in [0.2, 0.25) is 0 Å². The maximum absolute atomic E-state index is 6.07. The van der Waals surface area contributed by atoms with Crippen molar-refractivity contribution in [1.29, 1.82) is 0 Å². The standard InChI is InChI=1S/C51H32N4O/c1-3-11-35(12-4-1)49-52-50(54-51(53-49)37-25-21-34(22-26-37)39-28-30-48-44(32-39)42-16-8-10-18-47(42)56-48)36-23-19-33(20-24-36)38-27-29-46-43(31-38)41-15-7-9-17-45(41)55(46)40-13-5-2-6-14-40/h1-32H. The molecule has 262 valence electrons. The van der Waals surface area contributed by atoms with Crippen molar-refractivity contribution in [3.63, 3.8) is 0 Å². The first-order chi connectivity index (χ1) is 27.7. The van der Waals surface area contributed by atoms with Crippen LogP contribution in [0.15, 0.2) is 199 Å². The summed E-state index contributed by atoms with van der Waals surface area (Å²) >= 11 is 0. The number of furan rings is 1. The van der Waals surface area contributed by atoms with E-state index in [1.54, 1.807) is 0 Å². The monoisotopic (exact) mass is 716 g/mol. The smallest absolute Gasteiger partial charge is 0.164 e. The van der Waals surface area contributed by atoms with Gasteiger partial charge in [0.1, 0.15) is 11.2 Å². The molecular weight excluding hydrogens is 685 g/mol. The molecule has 3 heterocycles. The zero-order valence-corrected chi connectivity index (χ0v) is 30.2. The summed E-state index contributed by atoms with van der Waals surface area (Å²) < 4.78 is 8.41. The van der Waals surface area contributed by atoms with Gasteiger partial charge in [-0.2, -0.15) is 0 Å². The van der Waals surface area contributed by atoms with Crippen molar-refractivity contribution in [3.05, 3.63) is 194 Å². The fraction of sp³-hybridized carbons (Fsp3) is 0. The number of hydrogen-bond donors (Lipinski definition) is 0. The van der Waals surface area contributed by atoms with Gasteiger partial charge in [-0.05, 0) is 70.8 Å². The summed E-state index contributed by atoms with van der Waals surface area (Å²) in [7, 11) is 0. The van der Waals surface area contributed by atoms with Crippen LogP contribution in [-0.2, 0) is 0 Å². The van der Waals surface area contributed by atoms with Crippen molar-refractivity contribution in [2.75, 3.05) is 0 Å². The lowest BCUT2D eigenvalue weighted by molar-refractivity contribution is 0.669. The van der Waals surface area contributed by atoms with Crippen molar-refractivity contribution in [3.8, 4) is 62.1 Å². The van der Waals surface area contributed by atoms with E-state index in [-0.39, 0.29) is 0 Å². The van der Waals surface area contributed by atoms with E-state index in [1.807, 2.05) is 48.5 Å². The van der Waals surface area contributed by atoms with E-state index < -0.39 is 0 Å². The average Bonchev–Trinajstić information content (AvgIpc) is 3.82. The molecule has 0 aliphatic carbocycles. The second kappa shape index (κ2) is 13.0. The third kappa shape index (κ3) is 5.45. The van der Waals surface area contributed by atoms with Gasteiger partial charge in [-0.1, -0.05) is 146 Å². The van der Waals surface area contributed by atoms with Crippen LogP contribution in [0.3, 0.4) is 0 Å². The van der Waals surface area contributed by atoms with E-state index in [4.69, 9.17) is 19.4 Å². The Balaban J connectivity index is 0.951. The molecule has 0 unspecified atom stereocenters. The molecule has 0 aliphatic rings. The van der Waals surface area contributed by atoms with Gasteiger partial charge in [0.15, 0.2) is 17.5 Å². The van der Waals surface area contributed by atoms with Crippen molar-refractivity contribution in [2.45, 2.75) is 0 Å². The minimum absolute atomic E-state index is 0.626. The molecule has 5 nitrogen and oxygen atoms in total. The second-order valence-electron chi connectivity index (χ2n) is 14.1. The third-order valence-electron chi connectivity index (χ3n) is 10.7. The van der Waals surface area contributed by atoms with Gasteiger partial charge in [0, 0.05) is 43.9 Å². The quantitative estimate of drug-likeness (QED) is 0.172. The summed E-state index contributed by atoms with van der Waals surface area (Å²) in [4.78, 5) is 15.0. The highest BCUT2D eigenvalue weighted by atomic mass is 16.3. The maximum Gasteiger partial charge on any atom is 0.164 e. The summed E-state index contributed by atoms with van der Waals surface area (Å²) in [6, 6.07) is 67.6. The Morgan fingerprint density at radius 3 is 1.41 bits per heavy atom. The van der Waals surface area contributed by atoms with Crippen LogP contribution >= 0.6 is 0 Å². The fourth-order valence-electron chi connectivity index (χ4n) is 7.89. The van der Waals surface area contributed by atoms with Crippen molar-refractivity contribution in [2.24, 2.45) is 0 Å². The lowest BCUT2D eigenvalue weighted by Crippen LogP contribution is -2.00. The van der Waals surface area contributed by atoms with Gasteiger partial charge in [0.05, 0.1) is 11.0 Å². The number of rotatable bonds is 6. The minimum Gasteiger partial charge on any atom is -0.456 e. The molecule has 5 heteroatoms. The summed E-state index contributed by atoms with van der Waals surface area (Å²) in [5.41, 5.74) is 12.6. The molecule has 0 amide bonds. The molecule has 0 aliphatic heterocycles. The summed E-state index contributed by atoms with van der Waals surface area (Å²) in [6.45, 7) is 0. The molecule has 0 N–H and O–H groups in total. The zero-order valence-electron chi connectivity index (χ0n) is 30.2. The zero-order chi connectivity index (χ0) is 37.0. The summed E-state index contributed by atoms with van der Waals surface area (Å²) in [5, 5.41) is 4.69. The third-order valence-corrected chi connectivity index (χ3v) is 10.7. The number of aromatic nitrogens is 4. The SMILES string of the molecule is c1ccc(-c2nc(-c3ccc(-c4ccc5oc6ccccc6c5c4)cc3)nc(-c3ccc(-c4ccc5c(c4)c4ccccc4n5-c4ccccc4)cc3)n2)cc1. The molecule has 11 aromatic rings. The highest BCUT2D eigenvalue weighted by Crippen LogP contribution is 2.36. The van der Waals surface area contributed by atoms with E-state index >= 15 is 0 Å². The number of fused-ring (bicyclic) bond motifs is 6. The maximum atomic E-state index is 6.07. The Morgan fingerprint density at radius 1 is 0.304 bits per heavy atom. The second-order valence-corrected chi connectivity index (χ2v) is 14.1. The highest BCUT2D eigenvalue weighted by Gasteiger charge is 2.16. The van der Waals surface area contributed by atoms with E-state index in [2.05, 4.69) is 150 Å². The van der Waals surface area contributed by atoms with E-state index in [0.717, 1.165) is 66.6 Å². The Bertz CT molecular complexity index is 3220. The molecule has 3 aromatic heterocycles. The van der Waals surface area contributed by atoms with Gasteiger partial charge in [0.25, 0.3) is 0 Å². The molecular formula is C51H32N4O. The number of benzene rings is 8. The van der Waals surface area contributed by atoms with Crippen LogP contribution in [0.25, 0.3) is 106 Å². The van der Waals surface area contributed by atoms with Gasteiger partial charge < -0.3 is 8.98 Å². The molecule has 0 saturated carbocycles. The fourth-order valence-corrected chi connectivity index (χ4v) is 7.89. The predicted octanol–water partition coefficient (Wildman–Crippen LogP) is 13.2. The first-order valence-electron chi connectivity index (χ1n) is 18.8. The molecule has 0 atom stereocenters.